The smallest absolute Gasteiger partial charge is 0.158 e. The molecule has 0 bridgehead atoms. The summed E-state index contributed by atoms with van der Waals surface area (Å²) in [5.74, 6) is 0.715. The van der Waals surface area contributed by atoms with Crippen LogP contribution in [0.1, 0.15) is 45.4 Å². The summed E-state index contributed by atoms with van der Waals surface area (Å²) in [6.45, 7) is 2.73. The molecule has 0 saturated carbocycles. The van der Waals surface area contributed by atoms with Crippen LogP contribution in [0.25, 0.3) is 0 Å². The van der Waals surface area contributed by atoms with Crippen LogP contribution >= 0.6 is 0 Å². The highest BCUT2D eigenvalue weighted by atomic mass is 16.1. The van der Waals surface area contributed by atoms with E-state index in [1.54, 1.807) is 0 Å². The molecule has 0 aromatic heterocycles. The molecule has 0 aliphatic heterocycles. The fourth-order valence-corrected chi connectivity index (χ4v) is 1.88. The molecule has 14 heavy (non-hydrogen) atoms. The Morgan fingerprint density at radius 3 is 2.86 bits per heavy atom. The van der Waals surface area contributed by atoms with Crippen molar-refractivity contribution >= 4 is 5.78 Å². The van der Waals surface area contributed by atoms with Gasteiger partial charge in [-0.3, -0.25) is 4.79 Å². The van der Waals surface area contributed by atoms with Crippen molar-refractivity contribution < 1.29 is 4.79 Å². The minimum atomic E-state index is 0.335. The predicted octanol–water partition coefficient (Wildman–Crippen LogP) is 2.43. The van der Waals surface area contributed by atoms with Crippen LogP contribution < -0.4 is 5.73 Å². The van der Waals surface area contributed by atoms with Gasteiger partial charge in [0, 0.05) is 6.42 Å². The SMILES string of the molecule is CCC(CN)CC(=O)C1=CCCCC1. The van der Waals surface area contributed by atoms with Gasteiger partial charge in [0.25, 0.3) is 0 Å². The standard InChI is InChI=1S/C12H21NO/c1-2-10(9-13)8-12(14)11-6-4-3-5-7-11/h6,10H,2-5,7-9,13H2,1H3. The van der Waals surface area contributed by atoms with E-state index in [1.807, 2.05) is 0 Å². The highest BCUT2D eigenvalue weighted by molar-refractivity contribution is 5.95. The maximum atomic E-state index is 11.8. The minimum Gasteiger partial charge on any atom is -0.330 e. The molecule has 2 N–H and O–H groups in total. The third-order valence-electron chi connectivity index (χ3n) is 3.03. The Labute approximate surface area is 86.6 Å². The van der Waals surface area contributed by atoms with Crippen molar-refractivity contribution in [3.8, 4) is 0 Å². The molecule has 0 aromatic rings. The van der Waals surface area contributed by atoms with E-state index in [2.05, 4.69) is 13.0 Å². The molecular weight excluding hydrogens is 174 g/mol. The minimum absolute atomic E-state index is 0.335. The average molecular weight is 195 g/mol. The lowest BCUT2D eigenvalue weighted by molar-refractivity contribution is -0.116. The van der Waals surface area contributed by atoms with Crippen LogP contribution in [-0.4, -0.2) is 12.3 Å². The number of nitrogens with two attached hydrogens (primary N) is 1. The summed E-state index contributed by atoms with van der Waals surface area (Å²) in [6, 6.07) is 0. The lowest BCUT2D eigenvalue weighted by Crippen LogP contribution is -2.19. The van der Waals surface area contributed by atoms with E-state index in [-0.39, 0.29) is 0 Å². The molecule has 1 aliphatic rings. The molecule has 0 heterocycles. The van der Waals surface area contributed by atoms with E-state index in [0.29, 0.717) is 24.7 Å². The molecule has 0 fully saturated rings. The second kappa shape index (κ2) is 5.97. The molecule has 0 amide bonds. The van der Waals surface area contributed by atoms with Crippen LogP contribution in [-0.2, 0) is 4.79 Å². The number of ketones is 1. The van der Waals surface area contributed by atoms with E-state index >= 15 is 0 Å². The number of hydrogen-bond donors (Lipinski definition) is 1. The number of carbonyl (C=O) groups is 1. The molecular formula is C12H21NO. The predicted molar refractivity (Wildman–Crippen MR) is 59.0 cm³/mol. The fourth-order valence-electron chi connectivity index (χ4n) is 1.88. The van der Waals surface area contributed by atoms with Gasteiger partial charge in [0.15, 0.2) is 5.78 Å². The van der Waals surface area contributed by atoms with Gasteiger partial charge in [-0.15, -0.1) is 0 Å². The zero-order chi connectivity index (χ0) is 10.4. The molecule has 0 radical (unpaired) electrons. The highest BCUT2D eigenvalue weighted by Gasteiger charge is 2.15. The van der Waals surface area contributed by atoms with Crippen LogP contribution in [0.5, 0.6) is 0 Å². The maximum Gasteiger partial charge on any atom is 0.158 e. The number of rotatable bonds is 5. The molecule has 1 unspecified atom stereocenters. The van der Waals surface area contributed by atoms with E-state index in [1.165, 1.54) is 12.8 Å². The molecule has 0 aromatic carbocycles. The van der Waals surface area contributed by atoms with Gasteiger partial charge in [-0.05, 0) is 43.7 Å². The van der Waals surface area contributed by atoms with E-state index in [0.717, 1.165) is 24.8 Å². The van der Waals surface area contributed by atoms with Gasteiger partial charge in [0.05, 0.1) is 0 Å². The van der Waals surface area contributed by atoms with Gasteiger partial charge in [-0.25, -0.2) is 0 Å². The topological polar surface area (TPSA) is 43.1 Å². The van der Waals surface area contributed by atoms with Gasteiger partial charge < -0.3 is 5.73 Å². The summed E-state index contributed by atoms with van der Waals surface area (Å²) < 4.78 is 0. The van der Waals surface area contributed by atoms with Crippen molar-refractivity contribution in [1.82, 2.24) is 0 Å². The zero-order valence-electron chi connectivity index (χ0n) is 9.09. The lowest BCUT2D eigenvalue weighted by Gasteiger charge is -2.15. The summed E-state index contributed by atoms with van der Waals surface area (Å²) in [5, 5.41) is 0. The van der Waals surface area contributed by atoms with Crippen molar-refractivity contribution in [1.29, 1.82) is 0 Å². The van der Waals surface area contributed by atoms with Gasteiger partial charge in [-0.2, -0.15) is 0 Å². The van der Waals surface area contributed by atoms with Crippen LogP contribution in [0.2, 0.25) is 0 Å². The lowest BCUT2D eigenvalue weighted by atomic mass is 9.90. The third-order valence-corrected chi connectivity index (χ3v) is 3.03. The Kier molecular flexibility index (Phi) is 4.88. The van der Waals surface area contributed by atoms with Crippen LogP contribution in [0.4, 0.5) is 0 Å². The first-order chi connectivity index (χ1) is 6.77. The molecule has 0 saturated heterocycles. The molecule has 0 spiro atoms. The Hall–Kier alpha value is -0.630. The summed E-state index contributed by atoms with van der Waals surface area (Å²) in [7, 11) is 0. The Morgan fingerprint density at radius 2 is 2.36 bits per heavy atom. The van der Waals surface area contributed by atoms with Gasteiger partial charge >= 0.3 is 0 Å². The van der Waals surface area contributed by atoms with Crippen molar-refractivity contribution in [3.63, 3.8) is 0 Å². The number of allylic oxidation sites excluding steroid dienone is 2. The van der Waals surface area contributed by atoms with E-state index in [9.17, 15) is 4.79 Å². The quantitative estimate of drug-likeness (QED) is 0.732. The number of carbonyl (C=O) groups excluding carboxylic acids is 1. The van der Waals surface area contributed by atoms with Crippen molar-refractivity contribution in [2.75, 3.05) is 6.54 Å². The van der Waals surface area contributed by atoms with Gasteiger partial charge in [-0.1, -0.05) is 19.4 Å². The van der Waals surface area contributed by atoms with Crippen LogP contribution in [0, 0.1) is 5.92 Å². The third kappa shape index (κ3) is 3.26. The molecule has 1 rings (SSSR count). The molecule has 1 atom stereocenters. The summed E-state index contributed by atoms with van der Waals surface area (Å²) in [5.41, 5.74) is 6.65. The van der Waals surface area contributed by atoms with Crippen LogP contribution in [0.3, 0.4) is 0 Å². The van der Waals surface area contributed by atoms with Crippen molar-refractivity contribution in [3.05, 3.63) is 11.6 Å². The van der Waals surface area contributed by atoms with Crippen molar-refractivity contribution in [2.24, 2.45) is 11.7 Å². The Bertz CT molecular complexity index is 216. The highest BCUT2D eigenvalue weighted by Crippen LogP contribution is 2.21. The van der Waals surface area contributed by atoms with Crippen molar-refractivity contribution in [2.45, 2.75) is 45.4 Å². The summed E-state index contributed by atoms with van der Waals surface area (Å²) in [4.78, 5) is 11.8. The fraction of sp³-hybridized carbons (Fsp3) is 0.750. The second-order valence-corrected chi connectivity index (χ2v) is 4.11. The molecule has 2 heteroatoms. The first-order valence-electron chi connectivity index (χ1n) is 5.70. The molecule has 1 aliphatic carbocycles. The zero-order valence-corrected chi connectivity index (χ0v) is 9.09. The summed E-state index contributed by atoms with van der Waals surface area (Å²) >= 11 is 0. The van der Waals surface area contributed by atoms with Crippen LogP contribution in [0.15, 0.2) is 11.6 Å². The van der Waals surface area contributed by atoms with E-state index < -0.39 is 0 Å². The maximum absolute atomic E-state index is 11.8. The Balaban J connectivity index is 2.44. The van der Waals surface area contributed by atoms with Gasteiger partial charge in [0.1, 0.15) is 0 Å². The number of hydrogen-bond acceptors (Lipinski definition) is 2. The second-order valence-electron chi connectivity index (χ2n) is 4.11. The van der Waals surface area contributed by atoms with E-state index in [4.69, 9.17) is 5.73 Å². The normalized spacial score (nSPS) is 18.9. The largest absolute Gasteiger partial charge is 0.330 e. The first kappa shape index (κ1) is 11.4. The first-order valence-corrected chi connectivity index (χ1v) is 5.70. The monoisotopic (exact) mass is 195 g/mol. The Morgan fingerprint density at radius 1 is 1.57 bits per heavy atom. The average Bonchev–Trinajstić information content (AvgIpc) is 2.26. The number of Topliss-reactive ketones (excluding diaryl/α,β-unsaturated/α-hetero) is 1. The molecule has 80 valence electrons. The van der Waals surface area contributed by atoms with Gasteiger partial charge in [0.2, 0.25) is 0 Å². The molecule has 2 nitrogen and oxygen atoms in total. The summed E-state index contributed by atoms with van der Waals surface area (Å²) in [6.07, 6.45) is 8.27.